The molecular weight excluding hydrogens is 330 g/mol. The summed E-state index contributed by atoms with van der Waals surface area (Å²) in [7, 11) is 0. The van der Waals surface area contributed by atoms with Crippen LogP contribution in [-0.4, -0.2) is 84.1 Å². The molecule has 138 valence electrons. The molecule has 2 aliphatic rings. The molecule has 0 atom stereocenters. The highest BCUT2D eigenvalue weighted by molar-refractivity contribution is 5.50. The summed E-state index contributed by atoms with van der Waals surface area (Å²) >= 11 is 0. The molecule has 0 saturated carbocycles. The van der Waals surface area contributed by atoms with Gasteiger partial charge in [0.1, 0.15) is 18.0 Å². The summed E-state index contributed by atoms with van der Waals surface area (Å²) in [5.74, 6) is 2.03. The van der Waals surface area contributed by atoms with Crippen molar-refractivity contribution in [3.8, 4) is 0 Å². The number of hydrogen-bond donors (Lipinski definition) is 0. The first kappa shape index (κ1) is 17.1. The lowest BCUT2D eigenvalue weighted by Gasteiger charge is -2.35. The van der Waals surface area contributed by atoms with Gasteiger partial charge in [0.2, 0.25) is 0 Å². The molecule has 0 bridgehead atoms. The minimum Gasteiger partial charge on any atom is -0.378 e. The highest BCUT2D eigenvalue weighted by Gasteiger charge is 2.20. The monoisotopic (exact) mass is 355 g/mol. The fraction of sp³-hybridized carbons (Fsp3) is 0.556. The van der Waals surface area contributed by atoms with Gasteiger partial charge in [0, 0.05) is 64.5 Å². The maximum atomic E-state index is 5.43. The molecule has 2 fully saturated rings. The zero-order valence-corrected chi connectivity index (χ0v) is 15.0. The molecule has 2 aliphatic heterocycles. The molecule has 2 saturated heterocycles. The van der Waals surface area contributed by atoms with Gasteiger partial charge >= 0.3 is 0 Å². The van der Waals surface area contributed by atoms with Gasteiger partial charge in [0.15, 0.2) is 0 Å². The highest BCUT2D eigenvalue weighted by atomic mass is 16.5. The van der Waals surface area contributed by atoms with Crippen molar-refractivity contribution in [1.29, 1.82) is 0 Å². The van der Waals surface area contributed by atoms with Crippen LogP contribution in [0.15, 0.2) is 30.7 Å². The number of rotatable bonds is 5. The Bertz CT molecular complexity index is 685. The van der Waals surface area contributed by atoms with Crippen molar-refractivity contribution in [2.45, 2.75) is 6.42 Å². The normalized spacial score (nSPS) is 18.9. The van der Waals surface area contributed by atoms with E-state index in [-0.39, 0.29) is 0 Å². The first-order valence-electron chi connectivity index (χ1n) is 9.27. The number of morpholine rings is 1. The van der Waals surface area contributed by atoms with Crippen LogP contribution in [0.5, 0.6) is 0 Å². The highest BCUT2D eigenvalue weighted by Crippen LogP contribution is 2.19. The first-order chi connectivity index (χ1) is 12.9. The Morgan fingerprint density at radius 1 is 0.923 bits per heavy atom. The molecule has 8 nitrogen and oxygen atoms in total. The fourth-order valence-corrected chi connectivity index (χ4v) is 3.42. The fourth-order valence-electron chi connectivity index (χ4n) is 3.42. The molecule has 2 aromatic heterocycles. The third-order valence-electron chi connectivity index (χ3n) is 4.98. The van der Waals surface area contributed by atoms with Gasteiger partial charge in [-0.3, -0.25) is 4.90 Å². The predicted molar refractivity (Wildman–Crippen MR) is 99.5 cm³/mol. The lowest BCUT2D eigenvalue weighted by molar-refractivity contribution is 0.122. The number of piperazine rings is 1. The van der Waals surface area contributed by atoms with Crippen molar-refractivity contribution >= 4 is 11.6 Å². The molecule has 0 unspecified atom stereocenters. The van der Waals surface area contributed by atoms with Crippen LogP contribution in [0.25, 0.3) is 0 Å². The smallest absolute Gasteiger partial charge is 0.134 e. The molecule has 4 rings (SSSR count). The molecule has 26 heavy (non-hydrogen) atoms. The molecule has 0 aliphatic carbocycles. The SMILES string of the molecule is c1cnnc(CCN2CCN(c3cc(N4CCOCC4)ncn3)CC2)c1. The lowest BCUT2D eigenvalue weighted by Crippen LogP contribution is -2.47. The van der Waals surface area contributed by atoms with Crippen LogP contribution in [0.2, 0.25) is 0 Å². The third kappa shape index (κ3) is 4.25. The Labute approximate surface area is 153 Å². The van der Waals surface area contributed by atoms with Crippen LogP contribution >= 0.6 is 0 Å². The second kappa shape index (κ2) is 8.37. The van der Waals surface area contributed by atoms with E-state index in [1.54, 1.807) is 12.5 Å². The quantitative estimate of drug-likeness (QED) is 0.767. The number of anilines is 2. The van der Waals surface area contributed by atoms with E-state index in [9.17, 15) is 0 Å². The summed E-state index contributed by atoms with van der Waals surface area (Å²) in [6, 6.07) is 6.10. The lowest BCUT2D eigenvalue weighted by atomic mass is 10.2. The Kier molecular flexibility index (Phi) is 5.51. The second-order valence-electron chi connectivity index (χ2n) is 6.63. The van der Waals surface area contributed by atoms with E-state index in [1.807, 2.05) is 12.1 Å². The average Bonchev–Trinajstić information content (AvgIpc) is 2.74. The van der Waals surface area contributed by atoms with Gasteiger partial charge in [0.25, 0.3) is 0 Å². The second-order valence-corrected chi connectivity index (χ2v) is 6.63. The van der Waals surface area contributed by atoms with Gasteiger partial charge < -0.3 is 14.5 Å². The number of aromatic nitrogens is 4. The van der Waals surface area contributed by atoms with Gasteiger partial charge in [-0.15, -0.1) is 0 Å². The summed E-state index contributed by atoms with van der Waals surface area (Å²) in [5, 5.41) is 8.11. The number of nitrogens with zero attached hydrogens (tertiary/aromatic N) is 7. The van der Waals surface area contributed by atoms with Gasteiger partial charge in [-0.05, 0) is 12.1 Å². The minimum atomic E-state index is 0.768. The van der Waals surface area contributed by atoms with Crippen LogP contribution in [0.1, 0.15) is 5.69 Å². The first-order valence-corrected chi connectivity index (χ1v) is 9.27. The standard InChI is InChI=1S/C18H25N7O/c1-2-16(22-21-4-1)3-5-23-6-8-24(9-7-23)17-14-18(20-15-19-17)25-10-12-26-13-11-25/h1-2,4,14-15H,3,5-13H2. The Morgan fingerprint density at radius 3 is 2.35 bits per heavy atom. The maximum absolute atomic E-state index is 5.43. The molecule has 0 amide bonds. The molecule has 8 heteroatoms. The van der Waals surface area contributed by atoms with Crippen LogP contribution < -0.4 is 9.80 Å². The van der Waals surface area contributed by atoms with Gasteiger partial charge in [-0.2, -0.15) is 10.2 Å². The maximum Gasteiger partial charge on any atom is 0.134 e. The minimum absolute atomic E-state index is 0.768. The molecule has 0 spiro atoms. The number of hydrogen-bond acceptors (Lipinski definition) is 8. The van der Waals surface area contributed by atoms with Gasteiger partial charge in [-0.1, -0.05) is 0 Å². The zero-order chi connectivity index (χ0) is 17.6. The van der Waals surface area contributed by atoms with Crippen molar-refractivity contribution in [2.24, 2.45) is 0 Å². The molecular formula is C18H25N7O. The largest absolute Gasteiger partial charge is 0.378 e. The summed E-state index contributed by atoms with van der Waals surface area (Å²) in [5.41, 5.74) is 1.06. The van der Waals surface area contributed by atoms with Crippen molar-refractivity contribution in [3.05, 3.63) is 36.4 Å². The van der Waals surface area contributed by atoms with Crippen molar-refractivity contribution in [3.63, 3.8) is 0 Å². The Morgan fingerprint density at radius 2 is 1.65 bits per heavy atom. The Balaban J connectivity index is 1.30. The van der Waals surface area contributed by atoms with E-state index in [1.165, 1.54) is 0 Å². The zero-order valence-electron chi connectivity index (χ0n) is 15.0. The molecule has 4 heterocycles. The van der Waals surface area contributed by atoms with E-state index >= 15 is 0 Å². The van der Waals surface area contributed by atoms with Gasteiger partial charge in [-0.25, -0.2) is 9.97 Å². The summed E-state index contributed by atoms with van der Waals surface area (Å²) < 4.78 is 5.43. The summed E-state index contributed by atoms with van der Waals surface area (Å²) in [6.45, 7) is 8.40. The van der Waals surface area contributed by atoms with E-state index in [4.69, 9.17) is 4.74 Å². The van der Waals surface area contributed by atoms with Crippen LogP contribution in [-0.2, 0) is 11.2 Å². The van der Waals surface area contributed by atoms with Crippen LogP contribution in [0, 0.1) is 0 Å². The molecule has 0 aromatic carbocycles. The Hall–Kier alpha value is -2.32. The van der Waals surface area contributed by atoms with E-state index in [0.717, 1.165) is 82.8 Å². The topological polar surface area (TPSA) is 70.5 Å². The van der Waals surface area contributed by atoms with Gasteiger partial charge in [0.05, 0.1) is 18.9 Å². The van der Waals surface area contributed by atoms with Crippen molar-refractivity contribution in [1.82, 2.24) is 25.1 Å². The summed E-state index contributed by atoms with van der Waals surface area (Å²) in [6.07, 6.45) is 4.35. The van der Waals surface area contributed by atoms with Crippen LogP contribution in [0.3, 0.4) is 0 Å². The number of ether oxygens (including phenoxy) is 1. The van der Waals surface area contributed by atoms with E-state index < -0.39 is 0 Å². The summed E-state index contributed by atoms with van der Waals surface area (Å²) in [4.78, 5) is 16.0. The van der Waals surface area contributed by atoms with Crippen molar-refractivity contribution < 1.29 is 4.74 Å². The third-order valence-corrected chi connectivity index (χ3v) is 4.98. The average molecular weight is 355 g/mol. The van der Waals surface area contributed by atoms with E-state index in [0.29, 0.717) is 0 Å². The molecule has 0 N–H and O–H groups in total. The van der Waals surface area contributed by atoms with E-state index in [2.05, 4.69) is 40.9 Å². The van der Waals surface area contributed by atoms with Crippen molar-refractivity contribution in [2.75, 3.05) is 68.8 Å². The predicted octanol–water partition coefficient (Wildman–Crippen LogP) is 0.468. The molecule has 0 radical (unpaired) electrons. The molecule has 2 aromatic rings. The van der Waals surface area contributed by atoms with Crippen LogP contribution in [0.4, 0.5) is 11.6 Å².